The van der Waals surface area contributed by atoms with E-state index in [2.05, 4.69) is 10.5 Å². The second kappa shape index (κ2) is 10.3. The maximum Gasteiger partial charge on any atom is 0.336 e. The van der Waals surface area contributed by atoms with Crippen LogP contribution in [0.1, 0.15) is 21.5 Å². The third kappa shape index (κ3) is 5.57. The minimum absolute atomic E-state index is 0.0102. The molecule has 0 bridgehead atoms. The number of anilines is 1. The number of amides is 1. The summed E-state index contributed by atoms with van der Waals surface area (Å²) in [5.41, 5.74) is 3.29. The molecule has 3 aromatic rings. The Morgan fingerprint density at radius 3 is 2.39 bits per heavy atom. The molecule has 3 aromatic carbocycles. The summed E-state index contributed by atoms with van der Waals surface area (Å²) in [6.45, 7) is 1.08. The van der Waals surface area contributed by atoms with Crippen molar-refractivity contribution in [2.75, 3.05) is 10.8 Å². The molecular weight excluding hydrogens is 466 g/mol. The topological polar surface area (TPSA) is 116 Å². The molecule has 10 heteroatoms. The number of nitrogens with one attached hydrogen (secondary N) is 1. The van der Waals surface area contributed by atoms with E-state index in [1.54, 1.807) is 55.5 Å². The number of halogens is 1. The lowest BCUT2D eigenvalue weighted by Gasteiger charge is -2.25. The summed E-state index contributed by atoms with van der Waals surface area (Å²) in [5.74, 6) is -1.86. The third-order valence-corrected chi connectivity index (χ3v) is 6.89. The van der Waals surface area contributed by atoms with Gasteiger partial charge in [-0.15, -0.1) is 0 Å². The SMILES string of the molecule is Cc1c(Cl)cccc1N(CC(=O)N/N=C\c1ccccc1C(=O)O)S(=O)(=O)c1ccccc1. The number of benzene rings is 3. The molecule has 170 valence electrons. The Morgan fingerprint density at radius 2 is 1.70 bits per heavy atom. The number of hydrogen-bond donors (Lipinski definition) is 2. The Balaban J connectivity index is 1.89. The van der Waals surface area contributed by atoms with Crippen LogP contribution < -0.4 is 9.73 Å². The van der Waals surface area contributed by atoms with Gasteiger partial charge in [-0.25, -0.2) is 18.6 Å². The van der Waals surface area contributed by atoms with Gasteiger partial charge in [-0.2, -0.15) is 5.10 Å². The monoisotopic (exact) mass is 485 g/mol. The van der Waals surface area contributed by atoms with Crippen LogP contribution in [0.2, 0.25) is 5.02 Å². The fourth-order valence-corrected chi connectivity index (χ4v) is 4.70. The molecule has 2 N–H and O–H groups in total. The Labute approximate surface area is 196 Å². The predicted molar refractivity (Wildman–Crippen MR) is 126 cm³/mol. The van der Waals surface area contributed by atoms with Gasteiger partial charge in [0.2, 0.25) is 0 Å². The van der Waals surface area contributed by atoms with Crippen LogP contribution in [-0.4, -0.2) is 38.2 Å². The molecular formula is C23H20ClN3O5S. The van der Waals surface area contributed by atoms with Crippen LogP contribution >= 0.6 is 11.6 Å². The molecule has 0 heterocycles. The number of nitrogens with zero attached hydrogens (tertiary/aromatic N) is 2. The molecule has 33 heavy (non-hydrogen) atoms. The number of aromatic carboxylic acids is 1. The van der Waals surface area contributed by atoms with E-state index >= 15 is 0 Å². The van der Waals surface area contributed by atoms with Crippen LogP contribution in [-0.2, 0) is 14.8 Å². The highest BCUT2D eigenvalue weighted by molar-refractivity contribution is 7.92. The lowest BCUT2D eigenvalue weighted by molar-refractivity contribution is -0.119. The minimum Gasteiger partial charge on any atom is -0.478 e. The van der Waals surface area contributed by atoms with E-state index in [0.717, 1.165) is 4.31 Å². The number of rotatable bonds is 8. The van der Waals surface area contributed by atoms with Crippen molar-refractivity contribution < 1.29 is 23.1 Å². The van der Waals surface area contributed by atoms with Gasteiger partial charge in [-0.3, -0.25) is 9.10 Å². The first kappa shape index (κ1) is 24.0. The Kier molecular flexibility index (Phi) is 7.47. The smallest absolute Gasteiger partial charge is 0.336 e. The normalized spacial score (nSPS) is 11.3. The summed E-state index contributed by atoms with van der Waals surface area (Å²) in [7, 11) is -4.10. The molecule has 8 nitrogen and oxygen atoms in total. The van der Waals surface area contributed by atoms with E-state index in [-0.39, 0.29) is 21.7 Å². The standard InChI is InChI=1S/C23H20ClN3O5S/c1-16-20(24)12-7-13-21(16)27(33(31,32)18-9-3-2-4-10-18)15-22(28)26-25-14-17-8-5-6-11-19(17)23(29)30/h2-14H,15H2,1H3,(H,26,28)(H,29,30)/b25-14-. The van der Waals surface area contributed by atoms with Gasteiger partial charge in [0.15, 0.2) is 0 Å². The molecule has 0 atom stereocenters. The zero-order valence-corrected chi connectivity index (χ0v) is 19.0. The first-order chi connectivity index (χ1) is 15.7. The number of carboxylic acid groups (broad SMARTS) is 1. The van der Waals surface area contributed by atoms with Crippen LogP contribution in [0, 0.1) is 6.92 Å². The zero-order chi connectivity index (χ0) is 24.0. The van der Waals surface area contributed by atoms with Crippen LogP contribution in [0.5, 0.6) is 0 Å². The van der Waals surface area contributed by atoms with Gasteiger partial charge in [0.1, 0.15) is 6.54 Å². The average Bonchev–Trinajstić information content (AvgIpc) is 2.80. The maximum absolute atomic E-state index is 13.3. The summed E-state index contributed by atoms with van der Waals surface area (Å²) in [6, 6.07) is 18.6. The van der Waals surface area contributed by atoms with Crippen molar-refractivity contribution in [1.29, 1.82) is 0 Å². The molecule has 3 rings (SSSR count). The lowest BCUT2D eigenvalue weighted by atomic mass is 10.1. The van der Waals surface area contributed by atoms with E-state index in [1.807, 2.05) is 0 Å². The molecule has 0 spiro atoms. The quantitative estimate of drug-likeness (QED) is 0.373. The van der Waals surface area contributed by atoms with E-state index in [4.69, 9.17) is 11.6 Å². The molecule has 0 radical (unpaired) electrons. The highest BCUT2D eigenvalue weighted by Crippen LogP contribution is 2.30. The number of hydrogen-bond acceptors (Lipinski definition) is 5. The first-order valence-corrected chi connectivity index (χ1v) is 11.5. The Morgan fingerprint density at radius 1 is 1.03 bits per heavy atom. The number of sulfonamides is 1. The predicted octanol–water partition coefficient (Wildman–Crippen LogP) is 3.69. The minimum atomic E-state index is -4.10. The molecule has 0 saturated heterocycles. The van der Waals surface area contributed by atoms with Crippen molar-refractivity contribution in [2.24, 2.45) is 5.10 Å². The van der Waals surface area contributed by atoms with Crippen molar-refractivity contribution in [1.82, 2.24) is 5.43 Å². The fourth-order valence-electron chi connectivity index (χ4n) is 3.03. The highest BCUT2D eigenvalue weighted by atomic mass is 35.5. The first-order valence-electron chi connectivity index (χ1n) is 9.69. The Hall–Kier alpha value is -3.69. The molecule has 0 aliphatic rings. The zero-order valence-electron chi connectivity index (χ0n) is 17.5. The summed E-state index contributed by atoms with van der Waals surface area (Å²) >= 11 is 6.19. The number of carboxylic acids is 1. The van der Waals surface area contributed by atoms with Crippen LogP contribution in [0.4, 0.5) is 5.69 Å². The number of hydrazone groups is 1. The lowest BCUT2D eigenvalue weighted by Crippen LogP contribution is -2.40. The molecule has 0 aliphatic heterocycles. The van der Waals surface area contributed by atoms with Crippen molar-refractivity contribution in [3.05, 3.63) is 94.5 Å². The van der Waals surface area contributed by atoms with Crippen molar-refractivity contribution in [3.63, 3.8) is 0 Å². The van der Waals surface area contributed by atoms with Gasteiger partial charge in [0.05, 0.1) is 22.4 Å². The second-order valence-electron chi connectivity index (χ2n) is 6.89. The van der Waals surface area contributed by atoms with Gasteiger partial charge in [-0.1, -0.05) is 54.1 Å². The summed E-state index contributed by atoms with van der Waals surface area (Å²) in [5, 5.41) is 13.4. The average molecular weight is 486 g/mol. The summed E-state index contributed by atoms with van der Waals surface area (Å²) < 4.78 is 27.6. The second-order valence-corrected chi connectivity index (χ2v) is 9.16. The fraction of sp³-hybridized carbons (Fsp3) is 0.0870. The van der Waals surface area contributed by atoms with Crippen molar-refractivity contribution >= 4 is 45.4 Å². The van der Waals surface area contributed by atoms with Gasteiger partial charge >= 0.3 is 5.97 Å². The van der Waals surface area contributed by atoms with Crippen LogP contribution in [0.25, 0.3) is 0 Å². The summed E-state index contributed by atoms with van der Waals surface area (Å²) in [4.78, 5) is 23.9. The van der Waals surface area contributed by atoms with Crippen LogP contribution in [0.15, 0.2) is 82.8 Å². The molecule has 0 fully saturated rings. The molecule has 0 unspecified atom stereocenters. The van der Waals surface area contributed by atoms with Crippen molar-refractivity contribution in [3.8, 4) is 0 Å². The highest BCUT2D eigenvalue weighted by Gasteiger charge is 2.28. The number of carbonyl (C=O) groups excluding carboxylic acids is 1. The summed E-state index contributed by atoms with van der Waals surface area (Å²) in [6.07, 6.45) is 1.18. The van der Waals surface area contributed by atoms with Gasteiger partial charge in [-0.05, 0) is 42.8 Å². The molecule has 0 saturated carbocycles. The number of carbonyl (C=O) groups is 2. The molecule has 0 aliphatic carbocycles. The van der Waals surface area contributed by atoms with Crippen molar-refractivity contribution in [2.45, 2.75) is 11.8 Å². The van der Waals surface area contributed by atoms with Crippen LogP contribution in [0.3, 0.4) is 0 Å². The van der Waals surface area contributed by atoms with E-state index in [1.165, 1.54) is 30.5 Å². The van der Waals surface area contributed by atoms with Gasteiger partial charge in [0.25, 0.3) is 15.9 Å². The molecule has 1 amide bonds. The largest absolute Gasteiger partial charge is 0.478 e. The maximum atomic E-state index is 13.3. The van der Waals surface area contributed by atoms with E-state index < -0.39 is 28.4 Å². The van der Waals surface area contributed by atoms with E-state index in [9.17, 15) is 23.1 Å². The molecule has 0 aromatic heterocycles. The van der Waals surface area contributed by atoms with Gasteiger partial charge in [0, 0.05) is 10.6 Å². The van der Waals surface area contributed by atoms with Gasteiger partial charge < -0.3 is 5.11 Å². The Bertz CT molecular complexity index is 1310. The van der Waals surface area contributed by atoms with E-state index in [0.29, 0.717) is 10.6 Å². The third-order valence-electron chi connectivity index (χ3n) is 4.71.